The maximum atomic E-state index is 11.9. The molecule has 1 aliphatic heterocycles. The number of hydrogen-bond acceptors (Lipinski definition) is 3. The van der Waals surface area contributed by atoms with E-state index in [1.807, 2.05) is 16.7 Å². The second kappa shape index (κ2) is 5.92. The molecule has 1 fully saturated rings. The van der Waals surface area contributed by atoms with Crippen LogP contribution in [0, 0.1) is 5.41 Å². The first-order chi connectivity index (χ1) is 7.38. The molecule has 1 saturated heterocycles. The van der Waals surface area contributed by atoms with Crippen LogP contribution in [0.25, 0.3) is 0 Å². The van der Waals surface area contributed by atoms with Crippen LogP contribution in [0.15, 0.2) is 0 Å². The highest BCUT2D eigenvalue weighted by Crippen LogP contribution is 2.21. The SMILES string of the molecule is CC(C)(C)CC(N)CC(=O)N1CCSCC1. The molecule has 16 heavy (non-hydrogen) atoms. The van der Waals surface area contributed by atoms with Crippen molar-refractivity contribution in [1.82, 2.24) is 4.90 Å². The fraction of sp³-hybridized carbons (Fsp3) is 0.917. The zero-order valence-corrected chi connectivity index (χ0v) is 11.5. The Bertz CT molecular complexity index is 232. The number of thioether (sulfide) groups is 1. The molecule has 0 radical (unpaired) electrons. The lowest BCUT2D eigenvalue weighted by molar-refractivity contribution is -0.131. The van der Waals surface area contributed by atoms with Crippen LogP contribution in [-0.4, -0.2) is 41.4 Å². The van der Waals surface area contributed by atoms with E-state index in [0.29, 0.717) is 6.42 Å². The Balaban J connectivity index is 2.32. The quantitative estimate of drug-likeness (QED) is 0.822. The highest BCUT2D eigenvalue weighted by molar-refractivity contribution is 7.99. The lowest BCUT2D eigenvalue weighted by Gasteiger charge is -2.29. The molecule has 4 heteroatoms. The van der Waals surface area contributed by atoms with Crippen molar-refractivity contribution in [3.8, 4) is 0 Å². The number of carbonyl (C=O) groups excluding carboxylic acids is 1. The van der Waals surface area contributed by atoms with Gasteiger partial charge in [0.1, 0.15) is 0 Å². The molecule has 0 aromatic rings. The molecule has 94 valence electrons. The Kier molecular flexibility index (Phi) is 5.12. The molecule has 1 atom stereocenters. The molecule has 1 aliphatic rings. The largest absolute Gasteiger partial charge is 0.341 e. The third-order valence-electron chi connectivity index (χ3n) is 2.68. The minimum atomic E-state index is 0.00193. The highest BCUT2D eigenvalue weighted by atomic mass is 32.2. The molecule has 1 unspecified atom stereocenters. The van der Waals surface area contributed by atoms with Gasteiger partial charge in [-0.05, 0) is 11.8 Å². The Morgan fingerprint density at radius 1 is 1.38 bits per heavy atom. The van der Waals surface area contributed by atoms with Crippen molar-refractivity contribution in [2.45, 2.75) is 39.7 Å². The Hall–Kier alpha value is -0.220. The maximum absolute atomic E-state index is 11.9. The summed E-state index contributed by atoms with van der Waals surface area (Å²) in [6.45, 7) is 8.27. The van der Waals surface area contributed by atoms with E-state index in [2.05, 4.69) is 20.8 Å². The number of nitrogens with zero attached hydrogens (tertiary/aromatic N) is 1. The average molecular weight is 244 g/mol. The van der Waals surface area contributed by atoms with E-state index in [1.165, 1.54) is 0 Å². The summed E-state index contributed by atoms with van der Waals surface area (Å²) in [5.41, 5.74) is 6.22. The monoisotopic (exact) mass is 244 g/mol. The molecular formula is C12H24N2OS. The Morgan fingerprint density at radius 3 is 2.44 bits per heavy atom. The maximum Gasteiger partial charge on any atom is 0.224 e. The van der Waals surface area contributed by atoms with E-state index in [4.69, 9.17) is 5.73 Å². The molecule has 1 rings (SSSR count). The smallest absolute Gasteiger partial charge is 0.224 e. The summed E-state index contributed by atoms with van der Waals surface area (Å²) in [5.74, 6) is 2.37. The first kappa shape index (κ1) is 13.8. The number of amides is 1. The van der Waals surface area contributed by atoms with Gasteiger partial charge in [-0.2, -0.15) is 11.8 Å². The minimum absolute atomic E-state index is 0.00193. The highest BCUT2D eigenvalue weighted by Gasteiger charge is 2.22. The van der Waals surface area contributed by atoms with Gasteiger partial charge >= 0.3 is 0 Å². The van der Waals surface area contributed by atoms with E-state index in [0.717, 1.165) is 31.0 Å². The summed E-state index contributed by atoms with van der Waals surface area (Å²) in [5, 5.41) is 0. The van der Waals surface area contributed by atoms with Crippen molar-refractivity contribution >= 4 is 17.7 Å². The zero-order chi connectivity index (χ0) is 12.2. The lowest BCUT2D eigenvalue weighted by atomic mass is 9.87. The van der Waals surface area contributed by atoms with Crippen LogP contribution in [-0.2, 0) is 4.79 Å². The van der Waals surface area contributed by atoms with Gasteiger partial charge in [0.15, 0.2) is 0 Å². The Labute approximate surface area is 103 Å². The molecule has 0 bridgehead atoms. The first-order valence-electron chi connectivity index (χ1n) is 5.99. The molecular weight excluding hydrogens is 220 g/mol. The summed E-state index contributed by atoms with van der Waals surface area (Å²) < 4.78 is 0. The van der Waals surface area contributed by atoms with E-state index in [1.54, 1.807) is 0 Å². The summed E-state index contributed by atoms with van der Waals surface area (Å²) >= 11 is 1.92. The number of nitrogens with two attached hydrogens (primary N) is 1. The number of hydrogen-bond donors (Lipinski definition) is 1. The van der Waals surface area contributed by atoms with Crippen LogP contribution < -0.4 is 5.73 Å². The van der Waals surface area contributed by atoms with Crippen LogP contribution in [0.1, 0.15) is 33.6 Å². The van der Waals surface area contributed by atoms with Gasteiger partial charge in [-0.1, -0.05) is 20.8 Å². The third kappa shape index (κ3) is 5.21. The Morgan fingerprint density at radius 2 is 1.94 bits per heavy atom. The van der Waals surface area contributed by atoms with Gasteiger partial charge in [0.25, 0.3) is 0 Å². The molecule has 0 spiro atoms. The van der Waals surface area contributed by atoms with E-state index >= 15 is 0 Å². The molecule has 0 aromatic heterocycles. The third-order valence-corrected chi connectivity index (χ3v) is 3.62. The standard InChI is InChI=1S/C12H24N2OS/c1-12(2,3)9-10(13)8-11(15)14-4-6-16-7-5-14/h10H,4-9,13H2,1-3H3. The number of rotatable bonds is 3. The van der Waals surface area contributed by atoms with E-state index < -0.39 is 0 Å². The minimum Gasteiger partial charge on any atom is -0.341 e. The fourth-order valence-electron chi connectivity index (χ4n) is 2.02. The van der Waals surface area contributed by atoms with Crippen molar-refractivity contribution in [2.75, 3.05) is 24.6 Å². The predicted molar refractivity (Wildman–Crippen MR) is 70.6 cm³/mol. The summed E-state index contributed by atoms with van der Waals surface area (Å²) in [4.78, 5) is 13.9. The van der Waals surface area contributed by atoms with Crippen molar-refractivity contribution in [3.05, 3.63) is 0 Å². The van der Waals surface area contributed by atoms with Crippen LogP contribution in [0.3, 0.4) is 0 Å². The second-order valence-corrected chi connectivity index (χ2v) is 6.95. The molecule has 3 nitrogen and oxygen atoms in total. The molecule has 1 amide bonds. The van der Waals surface area contributed by atoms with Crippen molar-refractivity contribution < 1.29 is 4.79 Å². The normalized spacial score (nSPS) is 19.6. The van der Waals surface area contributed by atoms with Gasteiger partial charge < -0.3 is 10.6 Å². The summed E-state index contributed by atoms with van der Waals surface area (Å²) in [6, 6.07) is 0.00193. The number of carbonyl (C=O) groups is 1. The van der Waals surface area contributed by atoms with Gasteiger partial charge in [-0.3, -0.25) is 4.79 Å². The first-order valence-corrected chi connectivity index (χ1v) is 7.15. The van der Waals surface area contributed by atoms with Gasteiger partial charge in [-0.25, -0.2) is 0 Å². The predicted octanol–water partition coefficient (Wildman–Crippen LogP) is 1.72. The fourth-order valence-corrected chi connectivity index (χ4v) is 2.93. The molecule has 2 N–H and O–H groups in total. The lowest BCUT2D eigenvalue weighted by Crippen LogP contribution is -2.41. The van der Waals surface area contributed by atoms with Crippen molar-refractivity contribution in [1.29, 1.82) is 0 Å². The van der Waals surface area contributed by atoms with Crippen molar-refractivity contribution in [2.24, 2.45) is 11.1 Å². The van der Waals surface area contributed by atoms with Crippen molar-refractivity contribution in [3.63, 3.8) is 0 Å². The molecule has 0 saturated carbocycles. The van der Waals surface area contributed by atoms with E-state index in [-0.39, 0.29) is 17.4 Å². The molecule has 0 aromatic carbocycles. The van der Waals surface area contributed by atoms with Gasteiger partial charge in [0.05, 0.1) is 0 Å². The van der Waals surface area contributed by atoms with Crippen LogP contribution in [0.2, 0.25) is 0 Å². The summed E-state index contributed by atoms with van der Waals surface area (Å²) in [6.07, 6.45) is 1.41. The van der Waals surface area contributed by atoms with Gasteiger partial charge in [-0.15, -0.1) is 0 Å². The van der Waals surface area contributed by atoms with Gasteiger partial charge in [0.2, 0.25) is 5.91 Å². The topological polar surface area (TPSA) is 46.3 Å². The molecule has 0 aliphatic carbocycles. The summed E-state index contributed by atoms with van der Waals surface area (Å²) in [7, 11) is 0. The van der Waals surface area contributed by atoms with Gasteiger partial charge in [0, 0.05) is 37.1 Å². The zero-order valence-electron chi connectivity index (χ0n) is 10.7. The van der Waals surface area contributed by atoms with Crippen LogP contribution in [0.4, 0.5) is 0 Å². The van der Waals surface area contributed by atoms with E-state index in [9.17, 15) is 4.79 Å². The average Bonchev–Trinajstić information content (AvgIpc) is 2.16. The molecule has 1 heterocycles. The van der Waals surface area contributed by atoms with Crippen LogP contribution in [0.5, 0.6) is 0 Å². The van der Waals surface area contributed by atoms with Crippen LogP contribution >= 0.6 is 11.8 Å². The second-order valence-electron chi connectivity index (χ2n) is 5.72.